The first-order valence-corrected chi connectivity index (χ1v) is 6.56. The Balaban J connectivity index is 3.48. The second kappa shape index (κ2) is 8.97. The molecule has 0 saturated heterocycles. The first-order valence-electron chi connectivity index (χ1n) is 6.56. The Morgan fingerprint density at radius 3 is 1.88 bits per heavy atom. The van der Waals surface area contributed by atoms with Gasteiger partial charge in [-0.05, 0) is 61.3 Å². The lowest BCUT2D eigenvalue weighted by atomic mass is 10.2. The molecule has 0 aliphatic heterocycles. The van der Waals surface area contributed by atoms with Crippen LogP contribution in [-0.4, -0.2) is 62.2 Å². The number of nitrogens with zero attached hydrogens (tertiary/aromatic N) is 2. The van der Waals surface area contributed by atoms with Gasteiger partial charge >= 0.3 is 0 Å². The van der Waals surface area contributed by atoms with Gasteiger partial charge in [-0.2, -0.15) is 0 Å². The average Bonchev–Trinajstić information content (AvgIpc) is 2.14. The fourth-order valence-corrected chi connectivity index (χ4v) is 1.97. The van der Waals surface area contributed by atoms with Crippen molar-refractivity contribution < 1.29 is 0 Å². The normalized spacial score (nSPS) is 12.4. The summed E-state index contributed by atoms with van der Waals surface area (Å²) in [6.07, 6.45) is 1.23. The van der Waals surface area contributed by atoms with Crippen molar-refractivity contribution in [3.05, 3.63) is 0 Å². The van der Waals surface area contributed by atoms with Crippen molar-refractivity contribution in [1.29, 1.82) is 0 Å². The zero-order valence-electron chi connectivity index (χ0n) is 12.1. The molecule has 0 fully saturated rings. The van der Waals surface area contributed by atoms with Crippen molar-refractivity contribution in [1.82, 2.24) is 15.1 Å². The Bertz CT molecular complexity index is 147. The Hall–Kier alpha value is -0.120. The van der Waals surface area contributed by atoms with E-state index in [1.807, 2.05) is 0 Å². The van der Waals surface area contributed by atoms with Crippen LogP contribution in [-0.2, 0) is 0 Å². The molecule has 0 bridgehead atoms. The van der Waals surface area contributed by atoms with Gasteiger partial charge in [0.2, 0.25) is 0 Å². The molecule has 0 aliphatic carbocycles. The molecular formula is C13H31N3. The third-order valence-corrected chi connectivity index (χ3v) is 2.83. The lowest BCUT2D eigenvalue weighted by Gasteiger charge is -2.30. The van der Waals surface area contributed by atoms with Gasteiger partial charge in [-0.25, -0.2) is 0 Å². The maximum atomic E-state index is 3.51. The van der Waals surface area contributed by atoms with Crippen molar-refractivity contribution in [2.24, 2.45) is 0 Å². The van der Waals surface area contributed by atoms with Crippen LogP contribution < -0.4 is 5.32 Å². The lowest BCUT2D eigenvalue weighted by Crippen LogP contribution is -2.41. The van der Waals surface area contributed by atoms with Gasteiger partial charge in [-0.15, -0.1) is 0 Å². The van der Waals surface area contributed by atoms with E-state index in [-0.39, 0.29) is 0 Å². The predicted octanol–water partition coefficient (Wildman–Crippen LogP) is 1.65. The molecule has 16 heavy (non-hydrogen) atoms. The SMILES string of the molecule is CC(C)N(CCNCCCN(C)C)C(C)C. The summed E-state index contributed by atoms with van der Waals surface area (Å²) in [5.74, 6) is 0. The quantitative estimate of drug-likeness (QED) is 0.607. The van der Waals surface area contributed by atoms with Gasteiger partial charge in [-0.3, -0.25) is 4.90 Å². The van der Waals surface area contributed by atoms with Crippen LogP contribution in [0.25, 0.3) is 0 Å². The topological polar surface area (TPSA) is 18.5 Å². The molecule has 1 N–H and O–H groups in total. The molecule has 0 aromatic rings. The van der Waals surface area contributed by atoms with E-state index in [0.717, 1.165) is 19.6 Å². The molecule has 0 atom stereocenters. The van der Waals surface area contributed by atoms with Crippen LogP contribution in [0.1, 0.15) is 34.1 Å². The minimum atomic E-state index is 0.642. The van der Waals surface area contributed by atoms with Crippen molar-refractivity contribution in [3.63, 3.8) is 0 Å². The van der Waals surface area contributed by atoms with Gasteiger partial charge < -0.3 is 10.2 Å². The Labute approximate surface area is 102 Å². The summed E-state index contributed by atoms with van der Waals surface area (Å²) in [5, 5.41) is 3.51. The molecule has 0 rings (SSSR count). The fourth-order valence-electron chi connectivity index (χ4n) is 1.97. The summed E-state index contributed by atoms with van der Waals surface area (Å²) in [7, 11) is 4.25. The number of rotatable bonds is 9. The van der Waals surface area contributed by atoms with Gasteiger partial charge in [0, 0.05) is 25.2 Å². The van der Waals surface area contributed by atoms with E-state index in [1.54, 1.807) is 0 Å². The first kappa shape index (κ1) is 15.9. The van der Waals surface area contributed by atoms with E-state index in [9.17, 15) is 0 Å². The number of hydrogen-bond donors (Lipinski definition) is 1. The van der Waals surface area contributed by atoms with E-state index >= 15 is 0 Å². The highest BCUT2D eigenvalue weighted by atomic mass is 15.2. The zero-order valence-corrected chi connectivity index (χ0v) is 12.1. The minimum absolute atomic E-state index is 0.642. The number of nitrogens with one attached hydrogen (secondary N) is 1. The molecule has 0 heterocycles. The molecule has 0 saturated carbocycles. The van der Waals surface area contributed by atoms with E-state index in [2.05, 4.69) is 56.9 Å². The highest BCUT2D eigenvalue weighted by Gasteiger charge is 2.11. The molecule has 3 heteroatoms. The highest BCUT2D eigenvalue weighted by Crippen LogP contribution is 2.03. The summed E-state index contributed by atoms with van der Waals surface area (Å²) in [5.41, 5.74) is 0. The third-order valence-electron chi connectivity index (χ3n) is 2.83. The Morgan fingerprint density at radius 1 is 0.875 bits per heavy atom. The largest absolute Gasteiger partial charge is 0.315 e. The minimum Gasteiger partial charge on any atom is -0.315 e. The van der Waals surface area contributed by atoms with Crippen molar-refractivity contribution in [2.75, 3.05) is 40.3 Å². The Morgan fingerprint density at radius 2 is 1.44 bits per heavy atom. The van der Waals surface area contributed by atoms with Crippen LogP contribution in [0.5, 0.6) is 0 Å². The highest BCUT2D eigenvalue weighted by molar-refractivity contribution is 4.68. The van der Waals surface area contributed by atoms with E-state index in [4.69, 9.17) is 0 Å². The van der Waals surface area contributed by atoms with Gasteiger partial charge in [0.25, 0.3) is 0 Å². The molecule has 0 spiro atoms. The van der Waals surface area contributed by atoms with E-state index < -0.39 is 0 Å². The third kappa shape index (κ3) is 8.08. The predicted molar refractivity (Wildman–Crippen MR) is 73.0 cm³/mol. The standard InChI is InChI=1S/C13H31N3/c1-12(2)16(13(3)4)11-9-14-8-7-10-15(5)6/h12-14H,7-11H2,1-6H3. The van der Waals surface area contributed by atoms with Crippen LogP contribution in [0, 0.1) is 0 Å². The molecule has 3 nitrogen and oxygen atoms in total. The van der Waals surface area contributed by atoms with Crippen LogP contribution in [0.3, 0.4) is 0 Å². The van der Waals surface area contributed by atoms with Crippen LogP contribution in [0.4, 0.5) is 0 Å². The maximum Gasteiger partial charge on any atom is 0.0112 e. The Kier molecular flexibility index (Phi) is 8.90. The summed E-state index contributed by atoms with van der Waals surface area (Å²) >= 11 is 0. The van der Waals surface area contributed by atoms with E-state index in [1.165, 1.54) is 13.0 Å². The molecular weight excluding hydrogens is 198 g/mol. The van der Waals surface area contributed by atoms with Crippen LogP contribution in [0.15, 0.2) is 0 Å². The molecule has 98 valence electrons. The molecule has 0 aromatic carbocycles. The van der Waals surface area contributed by atoms with Gasteiger partial charge in [-0.1, -0.05) is 0 Å². The number of hydrogen-bond acceptors (Lipinski definition) is 3. The van der Waals surface area contributed by atoms with Crippen molar-refractivity contribution in [3.8, 4) is 0 Å². The second-order valence-corrected chi connectivity index (χ2v) is 5.33. The molecule has 0 unspecified atom stereocenters. The fraction of sp³-hybridized carbons (Fsp3) is 1.00. The lowest BCUT2D eigenvalue weighted by molar-refractivity contribution is 0.176. The average molecular weight is 229 g/mol. The van der Waals surface area contributed by atoms with Crippen molar-refractivity contribution >= 4 is 0 Å². The first-order chi connectivity index (χ1) is 7.45. The monoisotopic (exact) mass is 229 g/mol. The summed E-state index contributed by atoms with van der Waals surface area (Å²) in [6, 6.07) is 1.28. The van der Waals surface area contributed by atoms with Gasteiger partial charge in [0.1, 0.15) is 0 Å². The van der Waals surface area contributed by atoms with Gasteiger partial charge in [0.05, 0.1) is 0 Å². The van der Waals surface area contributed by atoms with Gasteiger partial charge in [0.15, 0.2) is 0 Å². The summed E-state index contributed by atoms with van der Waals surface area (Å²) in [4.78, 5) is 4.76. The summed E-state index contributed by atoms with van der Waals surface area (Å²) < 4.78 is 0. The van der Waals surface area contributed by atoms with Crippen LogP contribution >= 0.6 is 0 Å². The van der Waals surface area contributed by atoms with E-state index in [0.29, 0.717) is 12.1 Å². The zero-order chi connectivity index (χ0) is 12.6. The molecule has 0 amide bonds. The maximum absolute atomic E-state index is 3.51. The smallest absolute Gasteiger partial charge is 0.0112 e. The molecule has 0 aliphatic rings. The summed E-state index contributed by atoms with van der Waals surface area (Å²) in [6.45, 7) is 13.6. The molecule has 0 radical (unpaired) electrons. The second-order valence-electron chi connectivity index (χ2n) is 5.33. The van der Waals surface area contributed by atoms with Crippen molar-refractivity contribution in [2.45, 2.75) is 46.2 Å². The van der Waals surface area contributed by atoms with Crippen LogP contribution in [0.2, 0.25) is 0 Å². The molecule has 0 aromatic heterocycles.